The molecule has 4 nitrogen and oxygen atoms in total. The average molecular weight is 297 g/mol. The predicted octanol–water partition coefficient (Wildman–Crippen LogP) is 2.10. The van der Waals surface area contributed by atoms with Gasteiger partial charge in [-0.1, -0.05) is 0 Å². The van der Waals surface area contributed by atoms with Crippen molar-refractivity contribution in [2.24, 2.45) is 0 Å². The molecule has 1 saturated carbocycles. The molecule has 0 radical (unpaired) electrons. The highest BCUT2D eigenvalue weighted by Gasteiger charge is 2.40. The van der Waals surface area contributed by atoms with E-state index >= 15 is 0 Å². The maximum absolute atomic E-state index is 13.3. The highest BCUT2D eigenvalue weighted by atomic mass is 19.2. The zero-order chi connectivity index (χ0) is 15.8. The summed E-state index contributed by atoms with van der Waals surface area (Å²) in [5, 5.41) is 0. The van der Waals surface area contributed by atoms with Crippen molar-refractivity contribution in [3.8, 4) is 0 Å². The van der Waals surface area contributed by atoms with Crippen molar-refractivity contribution in [3.63, 3.8) is 0 Å². The van der Waals surface area contributed by atoms with E-state index in [1.165, 1.54) is 4.90 Å². The van der Waals surface area contributed by atoms with Crippen LogP contribution in [-0.4, -0.2) is 48.9 Å². The molecule has 0 heterocycles. The van der Waals surface area contributed by atoms with Crippen molar-refractivity contribution >= 4 is 11.6 Å². The minimum atomic E-state index is -1.06. The number of hydrogen-bond donors (Lipinski definition) is 1. The molecule has 0 saturated heterocycles. The van der Waals surface area contributed by atoms with Crippen molar-refractivity contribution in [2.45, 2.75) is 24.8 Å². The predicted molar refractivity (Wildman–Crippen MR) is 78.0 cm³/mol. The average Bonchev–Trinajstić information content (AvgIpc) is 2.36. The summed E-state index contributed by atoms with van der Waals surface area (Å²) in [6.45, 7) is 0.539. The quantitative estimate of drug-likeness (QED) is 0.866. The van der Waals surface area contributed by atoms with Crippen molar-refractivity contribution in [1.29, 1.82) is 0 Å². The molecule has 1 aromatic rings. The summed E-state index contributed by atoms with van der Waals surface area (Å²) >= 11 is 0. The number of likely N-dealkylation sites (N-methyl/N-ethyl adjacent to an activating group) is 2. The Bertz CT molecular complexity index is 556. The first-order valence-corrected chi connectivity index (χ1v) is 6.94. The van der Waals surface area contributed by atoms with Gasteiger partial charge < -0.3 is 15.5 Å². The van der Waals surface area contributed by atoms with Gasteiger partial charge in [-0.15, -0.1) is 0 Å². The lowest BCUT2D eigenvalue weighted by atomic mass is 9.75. The molecule has 1 fully saturated rings. The number of carbonyl (C=O) groups excluding carboxylic acids is 1. The molecule has 0 atom stereocenters. The lowest BCUT2D eigenvalue weighted by molar-refractivity contribution is 0.0253. The van der Waals surface area contributed by atoms with Gasteiger partial charge in [0.15, 0.2) is 11.6 Å². The zero-order valence-corrected chi connectivity index (χ0v) is 12.6. The second kappa shape index (κ2) is 5.60. The topological polar surface area (TPSA) is 49.6 Å². The van der Waals surface area contributed by atoms with Crippen molar-refractivity contribution in [1.82, 2.24) is 9.80 Å². The fourth-order valence-corrected chi connectivity index (χ4v) is 2.80. The number of hydrogen-bond acceptors (Lipinski definition) is 3. The number of rotatable bonds is 4. The third-order valence-electron chi connectivity index (χ3n) is 4.43. The van der Waals surface area contributed by atoms with E-state index < -0.39 is 11.6 Å². The molecule has 0 spiro atoms. The summed E-state index contributed by atoms with van der Waals surface area (Å²) in [7, 11) is 5.64. The maximum atomic E-state index is 13.3. The van der Waals surface area contributed by atoms with Crippen LogP contribution in [0.3, 0.4) is 0 Å². The molecule has 6 heteroatoms. The molecule has 0 aliphatic heterocycles. The zero-order valence-electron chi connectivity index (χ0n) is 12.6. The van der Waals surface area contributed by atoms with Gasteiger partial charge in [0.2, 0.25) is 0 Å². The number of carbonyl (C=O) groups is 1. The van der Waals surface area contributed by atoms with Crippen LogP contribution in [0, 0.1) is 11.6 Å². The van der Waals surface area contributed by atoms with Crippen LogP contribution in [0.4, 0.5) is 14.5 Å². The molecule has 1 amide bonds. The Balaban J connectivity index is 2.18. The van der Waals surface area contributed by atoms with Crippen LogP contribution in [0.5, 0.6) is 0 Å². The second-order valence-electron chi connectivity index (χ2n) is 5.99. The fourth-order valence-electron chi connectivity index (χ4n) is 2.80. The van der Waals surface area contributed by atoms with Gasteiger partial charge in [0.1, 0.15) is 0 Å². The van der Waals surface area contributed by atoms with Gasteiger partial charge >= 0.3 is 0 Å². The van der Waals surface area contributed by atoms with Crippen molar-refractivity contribution in [3.05, 3.63) is 29.3 Å². The molecule has 1 aliphatic carbocycles. The molecule has 21 heavy (non-hydrogen) atoms. The van der Waals surface area contributed by atoms with Gasteiger partial charge in [0.25, 0.3) is 5.91 Å². The van der Waals surface area contributed by atoms with Gasteiger partial charge in [-0.3, -0.25) is 4.79 Å². The Morgan fingerprint density at radius 1 is 1.24 bits per heavy atom. The smallest absolute Gasteiger partial charge is 0.255 e. The summed E-state index contributed by atoms with van der Waals surface area (Å²) in [5.74, 6) is -2.50. The standard InChI is InChI=1S/C15H21F2N3O/c1-19(2)15(5-4-6-15)9-20(3)14(21)10-7-11(16)12(17)8-13(10)18/h7-8H,4-6,9,18H2,1-3H3. The number of nitrogens with two attached hydrogens (primary N) is 1. The Morgan fingerprint density at radius 2 is 1.81 bits per heavy atom. The van der Waals surface area contributed by atoms with Crippen LogP contribution in [-0.2, 0) is 0 Å². The van der Waals surface area contributed by atoms with E-state index in [0.717, 1.165) is 31.4 Å². The first-order valence-electron chi connectivity index (χ1n) is 6.94. The Hall–Kier alpha value is -1.69. The minimum Gasteiger partial charge on any atom is -0.398 e. The van der Waals surface area contributed by atoms with Crippen LogP contribution < -0.4 is 5.73 Å². The van der Waals surface area contributed by atoms with Crippen LogP contribution in [0.2, 0.25) is 0 Å². The lowest BCUT2D eigenvalue weighted by Crippen LogP contribution is -2.57. The summed E-state index contributed by atoms with van der Waals surface area (Å²) in [4.78, 5) is 16.1. The number of benzene rings is 1. The first-order chi connectivity index (χ1) is 9.77. The Morgan fingerprint density at radius 3 is 2.29 bits per heavy atom. The number of amides is 1. The summed E-state index contributed by atoms with van der Waals surface area (Å²) in [6, 6.07) is 1.72. The molecule has 0 aromatic heterocycles. The summed E-state index contributed by atoms with van der Waals surface area (Å²) < 4.78 is 26.4. The monoisotopic (exact) mass is 297 g/mol. The number of nitrogens with zero attached hydrogens (tertiary/aromatic N) is 2. The highest BCUT2D eigenvalue weighted by molar-refractivity contribution is 5.99. The summed E-state index contributed by atoms with van der Waals surface area (Å²) in [5.41, 5.74) is 5.57. The van der Waals surface area contributed by atoms with Crippen molar-refractivity contribution < 1.29 is 13.6 Å². The highest BCUT2D eigenvalue weighted by Crippen LogP contribution is 2.37. The van der Waals surface area contributed by atoms with E-state index in [-0.39, 0.29) is 22.7 Å². The molecule has 2 rings (SSSR count). The van der Waals surface area contributed by atoms with Gasteiger partial charge in [0.05, 0.1) is 5.56 Å². The molecule has 1 aliphatic rings. The van der Waals surface area contributed by atoms with Crippen molar-refractivity contribution in [2.75, 3.05) is 33.4 Å². The molecule has 0 unspecified atom stereocenters. The normalized spacial score (nSPS) is 16.7. The second-order valence-corrected chi connectivity index (χ2v) is 5.99. The lowest BCUT2D eigenvalue weighted by Gasteiger charge is -2.49. The maximum Gasteiger partial charge on any atom is 0.255 e. The number of halogens is 2. The first kappa shape index (κ1) is 15.7. The van der Waals surface area contributed by atoms with Crippen LogP contribution in [0.25, 0.3) is 0 Å². The molecule has 2 N–H and O–H groups in total. The largest absolute Gasteiger partial charge is 0.398 e. The fraction of sp³-hybridized carbons (Fsp3) is 0.533. The van der Waals surface area contributed by atoms with Crippen LogP contribution in [0.1, 0.15) is 29.6 Å². The molecule has 0 bridgehead atoms. The van der Waals surface area contributed by atoms with Crippen LogP contribution >= 0.6 is 0 Å². The third-order valence-corrected chi connectivity index (χ3v) is 4.43. The SMILES string of the molecule is CN(CC1(N(C)C)CCC1)C(=O)c1cc(F)c(F)cc1N. The number of nitrogen functional groups attached to an aromatic ring is 1. The Kier molecular flexibility index (Phi) is 4.18. The van der Waals surface area contributed by atoms with Crippen LogP contribution in [0.15, 0.2) is 12.1 Å². The van der Waals surface area contributed by atoms with Gasteiger partial charge in [-0.05, 0) is 39.4 Å². The van der Waals surface area contributed by atoms with Gasteiger partial charge in [-0.2, -0.15) is 0 Å². The minimum absolute atomic E-state index is 0.00429. The molecule has 1 aromatic carbocycles. The van der Waals surface area contributed by atoms with E-state index in [1.54, 1.807) is 7.05 Å². The van der Waals surface area contributed by atoms with E-state index in [4.69, 9.17) is 5.73 Å². The van der Waals surface area contributed by atoms with E-state index in [2.05, 4.69) is 4.90 Å². The van der Waals surface area contributed by atoms with E-state index in [0.29, 0.717) is 6.54 Å². The number of anilines is 1. The van der Waals surface area contributed by atoms with E-state index in [1.807, 2.05) is 14.1 Å². The van der Waals surface area contributed by atoms with Gasteiger partial charge in [-0.25, -0.2) is 8.78 Å². The summed E-state index contributed by atoms with van der Waals surface area (Å²) in [6.07, 6.45) is 3.17. The van der Waals surface area contributed by atoms with E-state index in [9.17, 15) is 13.6 Å². The Labute approximate surface area is 123 Å². The molecule has 116 valence electrons. The molecular weight excluding hydrogens is 276 g/mol. The van der Waals surface area contributed by atoms with Gasteiger partial charge in [0, 0.05) is 30.9 Å². The molecular formula is C15H21F2N3O. The third kappa shape index (κ3) is 2.85.